The molecule has 39 heavy (non-hydrogen) atoms. The van der Waals surface area contributed by atoms with Crippen molar-refractivity contribution >= 4 is 23.8 Å². The van der Waals surface area contributed by atoms with E-state index in [1.165, 1.54) is 25.5 Å². The maximum atomic E-state index is 12.4. The molecule has 2 aliphatic heterocycles. The summed E-state index contributed by atoms with van der Waals surface area (Å²) in [5.41, 5.74) is -3.11. The monoisotopic (exact) mass is 546 g/mol. The Kier molecular flexibility index (Phi) is 6.98. The van der Waals surface area contributed by atoms with E-state index in [0.29, 0.717) is 16.1 Å². The fraction of sp³-hybridized carbons (Fsp3) is 0.556. The van der Waals surface area contributed by atoms with E-state index in [-0.39, 0.29) is 24.8 Å². The van der Waals surface area contributed by atoms with E-state index in [9.17, 15) is 35.1 Å². The summed E-state index contributed by atoms with van der Waals surface area (Å²) in [5, 5.41) is 55.7. The highest BCUT2D eigenvalue weighted by molar-refractivity contribution is 5.90. The highest BCUT2D eigenvalue weighted by Crippen LogP contribution is 2.56. The molecule has 4 aliphatic rings. The number of ether oxygens (including phenoxy) is 4. The summed E-state index contributed by atoms with van der Waals surface area (Å²) in [6, 6.07) is 1.76. The van der Waals surface area contributed by atoms with Gasteiger partial charge in [-0.1, -0.05) is 23.6 Å². The molecule has 0 aromatic carbocycles. The maximum Gasteiger partial charge on any atom is 0.333 e. The van der Waals surface area contributed by atoms with Crippen molar-refractivity contribution in [2.75, 3.05) is 20.3 Å². The van der Waals surface area contributed by atoms with Crippen LogP contribution in [-0.4, -0.2) is 93.1 Å². The van der Waals surface area contributed by atoms with E-state index >= 15 is 0 Å². The van der Waals surface area contributed by atoms with Gasteiger partial charge in [0.05, 0.1) is 32.5 Å². The Morgan fingerprint density at radius 1 is 1.33 bits per heavy atom. The van der Waals surface area contributed by atoms with Gasteiger partial charge in [-0.05, 0) is 30.1 Å². The molecule has 0 radical (unpaired) electrons. The summed E-state index contributed by atoms with van der Waals surface area (Å²) in [6.07, 6.45) is 1.74. The zero-order valence-electron chi connectivity index (χ0n) is 21.4. The van der Waals surface area contributed by atoms with E-state index < -0.39 is 78.7 Å². The lowest BCUT2D eigenvalue weighted by Gasteiger charge is -2.64. The molecule has 3 heterocycles. The Labute approximate surface area is 223 Å². The zero-order chi connectivity index (χ0) is 28.2. The minimum Gasteiger partial charge on any atom is -0.661 e. The third-order valence-corrected chi connectivity index (χ3v) is 8.65. The van der Waals surface area contributed by atoms with Crippen molar-refractivity contribution in [1.29, 1.82) is 0 Å². The molecule has 1 saturated carbocycles. The van der Waals surface area contributed by atoms with Crippen LogP contribution in [0, 0.1) is 11.8 Å². The van der Waals surface area contributed by atoms with Gasteiger partial charge in [0.15, 0.2) is 11.2 Å². The number of carboxylic acid groups (broad SMARTS) is 1. The molecule has 2 bridgehead atoms. The van der Waals surface area contributed by atoms with Crippen molar-refractivity contribution in [3.05, 3.63) is 47.1 Å². The molecule has 8 atom stereocenters. The topological polar surface area (TPSA) is 186 Å². The molecule has 0 amide bonds. The Morgan fingerprint density at radius 2 is 2.10 bits per heavy atom. The number of carbonyl (C=O) groups excluding carboxylic acids is 1. The molecule has 12 heteroatoms. The minimum atomic E-state index is -2.24. The third kappa shape index (κ3) is 3.81. The molecule has 1 saturated heterocycles. The second-order valence-electron chi connectivity index (χ2n) is 10.3. The van der Waals surface area contributed by atoms with E-state index in [2.05, 4.69) is 11.6 Å². The number of aliphatic hydroxyl groups is 4. The minimum absolute atomic E-state index is 0.0632. The largest absolute Gasteiger partial charge is 0.661 e. The van der Waals surface area contributed by atoms with Crippen LogP contribution in [0.25, 0.3) is 11.8 Å². The van der Waals surface area contributed by atoms with Crippen molar-refractivity contribution < 1.29 is 54.1 Å². The number of aliphatic carboxylic acids is 1. The molecule has 12 nitrogen and oxygen atoms in total. The Hall–Kier alpha value is -3.00. The Bertz CT molecular complexity index is 1320. The maximum absolute atomic E-state index is 12.4. The number of hydrogen-bond acceptors (Lipinski definition) is 10. The standard InChI is InChI=1S/C27H32NO11/c1-3-14-17(10-22(31)32)15(23(33)36-2)4-5-20(14)38-26(13-30)25(35)8-6-18-16-7-9-28-19(16)12-37-27(18,24(25)34)21(11-29)39-26/h3-4,7,9,12,14,17,20-21,24,29-30,34-35H,1,5-6,8,10-11,13H2,2H3,(H,31,32)/q-1/t14-,17+,20-,21-,24-,25-,26-,27-/m1/s1. The summed E-state index contributed by atoms with van der Waals surface area (Å²) < 4.78 is 23.3. The van der Waals surface area contributed by atoms with Crippen molar-refractivity contribution in [2.45, 2.75) is 61.0 Å². The van der Waals surface area contributed by atoms with Gasteiger partial charge in [-0.3, -0.25) is 4.79 Å². The first kappa shape index (κ1) is 27.6. The van der Waals surface area contributed by atoms with Crippen LogP contribution >= 0.6 is 0 Å². The van der Waals surface area contributed by atoms with Gasteiger partial charge in [0.25, 0.3) is 0 Å². The van der Waals surface area contributed by atoms with Crippen molar-refractivity contribution in [3.8, 4) is 0 Å². The molecule has 5 N–H and O–H groups in total. The summed E-state index contributed by atoms with van der Waals surface area (Å²) in [7, 11) is 1.19. The molecule has 212 valence electrons. The van der Waals surface area contributed by atoms with Gasteiger partial charge in [0.2, 0.25) is 5.79 Å². The normalized spacial score (nSPS) is 38.8. The molecule has 0 unspecified atom stereocenters. The lowest BCUT2D eigenvalue weighted by atomic mass is 9.61. The number of carboxylic acids is 1. The highest BCUT2D eigenvalue weighted by Gasteiger charge is 2.74. The Morgan fingerprint density at radius 3 is 2.74 bits per heavy atom. The first-order valence-corrected chi connectivity index (χ1v) is 12.7. The number of esters is 1. The second-order valence-corrected chi connectivity index (χ2v) is 10.3. The summed E-state index contributed by atoms with van der Waals surface area (Å²) in [6.45, 7) is 2.25. The molecule has 1 spiro atoms. The van der Waals surface area contributed by atoms with Gasteiger partial charge in [-0.25, -0.2) is 4.79 Å². The van der Waals surface area contributed by atoms with E-state index in [0.717, 1.165) is 0 Å². The van der Waals surface area contributed by atoms with Crippen LogP contribution < -0.4 is 15.6 Å². The third-order valence-electron chi connectivity index (χ3n) is 8.65. The number of nitrogens with zero attached hydrogens (tertiary/aromatic N) is 1. The van der Waals surface area contributed by atoms with E-state index in [4.69, 9.17) is 18.9 Å². The molecular formula is C27H32NO11-. The van der Waals surface area contributed by atoms with Gasteiger partial charge in [-0.2, -0.15) is 6.20 Å². The van der Waals surface area contributed by atoms with Gasteiger partial charge in [0.1, 0.15) is 18.8 Å². The number of carbonyl (C=O) groups is 2. The quantitative estimate of drug-likeness (QED) is 0.179. The first-order valence-electron chi connectivity index (χ1n) is 12.7. The van der Waals surface area contributed by atoms with E-state index in [1.807, 2.05) is 0 Å². The number of aliphatic hydroxyl groups excluding tert-OH is 3. The zero-order valence-corrected chi connectivity index (χ0v) is 21.4. The highest BCUT2D eigenvalue weighted by atomic mass is 16.7. The average molecular weight is 547 g/mol. The summed E-state index contributed by atoms with van der Waals surface area (Å²) >= 11 is 0. The molecule has 1 aromatic rings. The molecular weight excluding hydrogens is 514 g/mol. The lowest BCUT2D eigenvalue weighted by Crippen LogP contribution is -2.82. The van der Waals surface area contributed by atoms with Crippen molar-refractivity contribution in [3.63, 3.8) is 0 Å². The van der Waals surface area contributed by atoms with Crippen LogP contribution in [0.2, 0.25) is 0 Å². The molecule has 5 rings (SSSR count). The van der Waals surface area contributed by atoms with Crippen LogP contribution in [-0.2, 0) is 28.5 Å². The predicted octanol–water partition coefficient (Wildman–Crippen LogP) is -1.95. The predicted molar refractivity (Wildman–Crippen MR) is 132 cm³/mol. The van der Waals surface area contributed by atoms with Crippen LogP contribution in [0.1, 0.15) is 25.7 Å². The van der Waals surface area contributed by atoms with Crippen LogP contribution in [0.5, 0.6) is 0 Å². The smallest absolute Gasteiger partial charge is 0.333 e. The van der Waals surface area contributed by atoms with Gasteiger partial charge >= 0.3 is 11.9 Å². The SMILES string of the molecule is C=C[C@@H]1[C@H](CC(=O)O)C(C(=O)OC)=CC[C@H]1O[C@]1(CO)O[C@H](CO)[C@]23OC=c4[n-]ccc4=C2CC[C@@]1(O)[C@H]3O. The fourth-order valence-corrected chi connectivity index (χ4v) is 6.77. The summed E-state index contributed by atoms with van der Waals surface area (Å²) in [4.78, 5) is 28.3. The molecule has 2 fully saturated rings. The molecule has 1 aromatic heterocycles. The van der Waals surface area contributed by atoms with Crippen LogP contribution in [0.15, 0.2) is 36.6 Å². The van der Waals surface area contributed by atoms with Crippen molar-refractivity contribution in [2.24, 2.45) is 11.8 Å². The van der Waals surface area contributed by atoms with Gasteiger partial charge < -0.3 is 49.5 Å². The van der Waals surface area contributed by atoms with Gasteiger partial charge in [0, 0.05) is 17.4 Å². The fourth-order valence-electron chi connectivity index (χ4n) is 6.77. The van der Waals surface area contributed by atoms with E-state index in [1.54, 1.807) is 12.3 Å². The number of fused-ring (bicyclic) bond motifs is 2. The summed E-state index contributed by atoms with van der Waals surface area (Å²) in [5.74, 6) is -5.72. The first-order chi connectivity index (χ1) is 18.6. The molecule has 2 aliphatic carbocycles. The number of rotatable bonds is 8. The lowest BCUT2D eigenvalue weighted by molar-refractivity contribution is -0.434. The number of aromatic nitrogens is 1. The van der Waals surface area contributed by atoms with Crippen molar-refractivity contribution in [1.82, 2.24) is 4.98 Å². The van der Waals surface area contributed by atoms with Crippen LogP contribution in [0.3, 0.4) is 0 Å². The van der Waals surface area contributed by atoms with Crippen LogP contribution in [0.4, 0.5) is 0 Å². The average Bonchev–Trinajstić information content (AvgIpc) is 3.40. The Balaban J connectivity index is 1.56. The number of methoxy groups -OCH3 is 1. The van der Waals surface area contributed by atoms with Gasteiger partial charge in [-0.15, -0.1) is 6.58 Å². The number of hydrogen-bond donors (Lipinski definition) is 5. The second kappa shape index (κ2) is 9.88.